The fraction of sp³-hybridized carbons (Fsp3) is 0.0741. The Kier molecular flexibility index (Phi) is 7.03. The summed E-state index contributed by atoms with van der Waals surface area (Å²) in [6.07, 6.45) is 10.7. The van der Waals surface area contributed by atoms with Gasteiger partial charge < -0.3 is 4.57 Å². The molecule has 0 aliphatic heterocycles. The van der Waals surface area contributed by atoms with Gasteiger partial charge in [0.15, 0.2) is 5.82 Å². The number of para-hydroxylation sites is 1. The minimum Gasteiger partial charge on any atom is -0.309 e. The van der Waals surface area contributed by atoms with Gasteiger partial charge in [0.25, 0.3) is 0 Å². The first-order valence-electron chi connectivity index (χ1n) is 20.0. The van der Waals surface area contributed by atoms with Crippen LogP contribution in [-0.4, -0.2) is 14.5 Å². The van der Waals surface area contributed by atoms with Crippen LogP contribution in [-0.2, 0) is 11.8 Å². The highest BCUT2D eigenvalue weighted by Gasteiger charge is 2.51. The summed E-state index contributed by atoms with van der Waals surface area (Å²) in [6, 6.07) is 62.4. The average Bonchev–Trinajstić information content (AvgIpc) is 3.87. The zero-order valence-electron chi connectivity index (χ0n) is 31.3. The van der Waals surface area contributed by atoms with E-state index in [0.717, 1.165) is 52.4 Å². The van der Waals surface area contributed by atoms with Crippen molar-refractivity contribution < 1.29 is 0 Å². The van der Waals surface area contributed by atoms with Crippen molar-refractivity contribution in [2.24, 2.45) is 5.92 Å². The van der Waals surface area contributed by atoms with Gasteiger partial charge in [-0.3, -0.25) is 0 Å². The summed E-state index contributed by atoms with van der Waals surface area (Å²) < 4.78 is 2.44. The highest BCUT2D eigenvalue weighted by Crippen LogP contribution is 2.63. The largest absolute Gasteiger partial charge is 0.309 e. The van der Waals surface area contributed by atoms with Crippen LogP contribution in [0.1, 0.15) is 34.4 Å². The van der Waals surface area contributed by atoms with Gasteiger partial charge in [-0.1, -0.05) is 146 Å². The van der Waals surface area contributed by atoms with Gasteiger partial charge in [0, 0.05) is 33.3 Å². The molecule has 12 rings (SSSR count). The average molecular weight is 728 g/mol. The quantitative estimate of drug-likeness (QED) is 0.177. The molecule has 0 saturated carbocycles. The van der Waals surface area contributed by atoms with E-state index in [0.29, 0.717) is 5.92 Å². The molecule has 3 aliphatic rings. The van der Waals surface area contributed by atoms with Crippen LogP contribution >= 0.6 is 0 Å². The van der Waals surface area contributed by atoms with Crippen molar-refractivity contribution in [2.75, 3.05) is 0 Å². The van der Waals surface area contributed by atoms with Crippen molar-refractivity contribution in [3.05, 3.63) is 222 Å². The minimum atomic E-state index is -0.420. The third-order valence-electron chi connectivity index (χ3n) is 12.5. The predicted octanol–water partition coefficient (Wildman–Crippen LogP) is 12.9. The third-order valence-corrected chi connectivity index (χ3v) is 12.5. The first-order valence-corrected chi connectivity index (χ1v) is 20.0. The minimum absolute atomic E-state index is 0.414. The summed E-state index contributed by atoms with van der Waals surface area (Å²) in [5, 5.41) is 2.41. The van der Waals surface area contributed by atoms with E-state index in [4.69, 9.17) is 9.97 Å². The Morgan fingerprint density at radius 2 is 1.14 bits per heavy atom. The molecule has 3 aliphatic carbocycles. The molecule has 3 heteroatoms. The summed E-state index contributed by atoms with van der Waals surface area (Å²) >= 11 is 0. The molecule has 0 radical (unpaired) electrons. The second kappa shape index (κ2) is 12.5. The molecular formula is C54H37N3. The van der Waals surface area contributed by atoms with Gasteiger partial charge in [-0.05, 0) is 112 Å². The lowest BCUT2D eigenvalue weighted by Crippen LogP contribution is -2.25. The first-order chi connectivity index (χ1) is 28.3. The molecule has 57 heavy (non-hydrogen) atoms. The summed E-state index contributed by atoms with van der Waals surface area (Å²) in [6.45, 7) is 0. The lowest BCUT2D eigenvalue weighted by molar-refractivity contribution is 0.641. The predicted molar refractivity (Wildman–Crippen MR) is 234 cm³/mol. The van der Waals surface area contributed by atoms with E-state index in [-0.39, 0.29) is 0 Å². The Morgan fingerprint density at radius 1 is 0.509 bits per heavy atom. The van der Waals surface area contributed by atoms with E-state index in [9.17, 15) is 0 Å². The van der Waals surface area contributed by atoms with E-state index in [2.05, 4.69) is 199 Å². The van der Waals surface area contributed by atoms with Crippen molar-refractivity contribution >= 4 is 21.8 Å². The molecule has 0 bridgehead atoms. The second-order valence-corrected chi connectivity index (χ2v) is 15.7. The number of benzene rings is 7. The van der Waals surface area contributed by atoms with E-state index >= 15 is 0 Å². The molecule has 1 atom stereocenters. The van der Waals surface area contributed by atoms with Crippen LogP contribution in [0.4, 0.5) is 0 Å². The van der Waals surface area contributed by atoms with E-state index in [1.165, 1.54) is 60.8 Å². The number of hydrogen-bond acceptors (Lipinski definition) is 2. The summed E-state index contributed by atoms with van der Waals surface area (Å²) in [5.74, 6) is 1.17. The van der Waals surface area contributed by atoms with Gasteiger partial charge in [0.2, 0.25) is 0 Å². The molecule has 2 aromatic heterocycles. The van der Waals surface area contributed by atoms with Gasteiger partial charge in [0.1, 0.15) is 0 Å². The highest BCUT2D eigenvalue weighted by atomic mass is 15.0. The maximum absolute atomic E-state index is 5.29. The maximum atomic E-state index is 5.29. The molecule has 3 nitrogen and oxygen atoms in total. The van der Waals surface area contributed by atoms with Gasteiger partial charge >= 0.3 is 0 Å². The molecule has 0 N–H and O–H groups in total. The summed E-state index contributed by atoms with van der Waals surface area (Å²) in [4.78, 5) is 10.6. The lowest BCUT2D eigenvalue weighted by Gasteiger charge is -2.30. The second-order valence-electron chi connectivity index (χ2n) is 15.7. The number of rotatable bonds is 5. The maximum Gasteiger partial charge on any atom is 0.160 e. The van der Waals surface area contributed by atoms with Crippen LogP contribution < -0.4 is 0 Å². The van der Waals surface area contributed by atoms with E-state index in [1.54, 1.807) is 0 Å². The van der Waals surface area contributed by atoms with Crippen molar-refractivity contribution in [1.82, 2.24) is 14.5 Å². The van der Waals surface area contributed by atoms with Crippen LogP contribution in [0.15, 0.2) is 194 Å². The zero-order chi connectivity index (χ0) is 37.5. The van der Waals surface area contributed by atoms with Crippen molar-refractivity contribution in [3.63, 3.8) is 0 Å². The number of fused-ring (bicyclic) bond motifs is 13. The van der Waals surface area contributed by atoms with Crippen molar-refractivity contribution in [1.29, 1.82) is 0 Å². The number of allylic oxidation sites excluding steroid dienone is 4. The number of hydrogen-bond donors (Lipinski definition) is 0. The molecule has 0 saturated heterocycles. The molecule has 268 valence electrons. The molecule has 1 spiro atoms. The Morgan fingerprint density at radius 3 is 1.82 bits per heavy atom. The highest BCUT2D eigenvalue weighted by molar-refractivity contribution is 6.13. The van der Waals surface area contributed by atoms with E-state index < -0.39 is 5.41 Å². The van der Waals surface area contributed by atoms with Gasteiger partial charge in [-0.2, -0.15) is 0 Å². The fourth-order valence-corrected chi connectivity index (χ4v) is 10.1. The smallest absolute Gasteiger partial charge is 0.160 e. The van der Waals surface area contributed by atoms with Gasteiger partial charge in [0.05, 0.1) is 22.1 Å². The van der Waals surface area contributed by atoms with Crippen molar-refractivity contribution in [2.45, 2.75) is 18.3 Å². The molecule has 2 heterocycles. The van der Waals surface area contributed by atoms with Gasteiger partial charge in [-0.25, -0.2) is 9.97 Å². The molecule has 0 fully saturated rings. The topological polar surface area (TPSA) is 30.7 Å². The number of aromatic nitrogens is 3. The molecule has 0 amide bonds. The third kappa shape index (κ3) is 4.72. The van der Waals surface area contributed by atoms with Crippen LogP contribution in [0.2, 0.25) is 0 Å². The Bertz CT molecular complexity index is 3090. The monoisotopic (exact) mass is 727 g/mol. The van der Waals surface area contributed by atoms with Crippen LogP contribution in [0.5, 0.6) is 0 Å². The molecular weight excluding hydrogens is 691 g/mol. The van der Waals surface area contributed by atoms with Crippen LogP contribution in [0.25, 0.3) is 72.4 Å². The number of nitrogens with zero attached hydrogens (tertiary/aromatic N) is 3. The van der Waals surface area contributed by atoms with Crippen LogP contribution in [0, 0.1) is 5.92 Å². The lowest BCUT2D eigenvalue weighted by atomic mass is 9.70. The summed E-state index contributed by atoms with van der Waals surface area (Å²) in [7, 11) is 0. The Balaban J connectivity index is 1.13. The van der Waals surface area contributed by atoms with E-state index in [1.807, 2.05) is 0 Å². The normalized spacial score (nSPS) is 15.5. The Hall–Kier alpha value is -7.10. The Labute approximate surface area is 332 Å². The molecule has 9 aromatic rings. The zero-order valence-corrected chi connectivity index (χ0v) is 31.3. The van der Waals surface area contributed by atoms with Crippen LogP contribution in [0.3, 0.4) is 0 Å². The SMILES string of the molecule is C1=CC[C@@H](Cc2cc(-c3ccccc3)nc(-c3ccc4c(c3)c3cc5c(cc3n4-c3ccccc3)-c3ccccc3C53c4ccccc4-c4ccccc43)n2)C=C1. The fourth-order valence-electron chi connectivity index (χ4n) is 10.1. The van der Waals surface area contributed by atoms with Gasteiger partial charge in [-0.15, -0.1) is 0 Å². The van der Waals surface area contributed by atoms with Crippen molar-refractivity contribution in [3.8, 4) is 50.6 Å². The summed E-state index contributed by atoms with van der Waals surface area (Å²) in [5.41, 5.74) is 17.8. The first kappa shape index (κ1) is 32.2. The standard InChI is InChI=1S/C54H37N3/c1-4-16-35(17-5-1)30-38-32-50(36-18-6-2-7-19-36)56-53(55-38)37-28-29-51-44(31-37)45-33-49-43(34-52(45)57(51)39-20-8-3-9-21-39)42-24-12-15-27-48(42)54(49)46-25-13-10-22-40(46)41-23-11-14-26-47(41)54/h1-16,18-29,31-35H,17,30H2/t35-/m0/s1. The molecule has 7 aromatic carbocycles. The molecule has 0 unspecified atom stereocenters.